The van der Waals surface area contributed by atoms with Gasteiger partial charge in [-0.1, -0.05) is 94.4 Å². The number of rotatable bonds is 22. The number of alkyl carbamates (subject to hydrolysis) is 1. The maximum atomic E-state index is 16.5. The smallest absolute Gasteiger partial charge is 0.444 e. The van der Waals surface area contributed by atoms with Crippen LogP contribution >= 0.6 is 43.2 Å². The second-order valence-corrected chi connectivity index (χ2v) is 32.9. The molecule has 4 aromatic carbocycles. The van der Waals surface area contributed by atoms with E-state index in [1.165, 1.54) is 70.1 Å². The van der Waals surface area contributed by atoms with Crippen LogP contribution in [0.3, 0.4) is 0 Å². The van der Waals surface area contributed by atoms with E-state index in [1.54, 1.807) is 93.6 Å². The monoisotopic (exact) mass is 1350 g/mol. The fourth-order valence-electron chi connectivity index (χ4n) is 14.0. The van der Waals surface area contributed by atoms with E-state index in [4.69, 9.17) is 23.7 Å². The first kappa shape index (κ1) is 63.7. The lowest BCUT2D eigenvalue weighted by Crippen LogP contribution is -2.78. The quantitative estimate of drug-likeness (QED) is 0.0535. The molecule has 10 heterocycles. The van der Waals surface area contributed by atoms with Gasteiger partial charge in [0.05, 0.1) is 71.6 Å². The predicted molar refractivity (Wildman–Crippen MR) is 333 cm³/mol. The fourth-order valence-corrected chi connectivity index (χ4v) is 24.6. The summed E-state index contributed by atoms with van der Waals surface area (Å²) in [4.78, 5) is 98.5. The summed E-state index contributed by atoms with van der Waals surface area (Å²) in [6, 6.07) is 28.2. The van der Waals surface area contributed by atoms with Crippen molar-refractivity contribution in [2.24, 2.45) is 0 Å². The lowest BCUT2D eigenvalue weighted by Gasteiger charge is -2.58. The number of hydrogen-bond donors (Lipinski definition) is 3. The van der Waals surface area contributed by atoms with Crippen molar-refractivity contribution in [1.82, 2.24) is 30.2 Å². The van der Waals surface area contributed by atoms with Gasteiger partial charge in [-0.3, -0.25) is 33.8 Å². The number of aliphatic hydroxyl groups is 1. The molecule has 8 saturated heterocycles. The number of benzene rings is 4. The molecule has 8 fully saturated rings. The molecule has 0 saturated carbocycles. The van der Waals surface area contributed by atoms with Crippen LogP contribution in [0.1, 0.15) is 64.0 Å². The van der Waals surface area contributed by atoms with E-state index in [1.807, 2.05) is 0 Å². The normalized spacial score (nSPS) is 28.6. The molecule has 3 N–H and O–H groups in total. The van der Waals surface area contributed by atoms with Crippen molar-refractivity contribution in [3.05, 3.63) is 120 Å². The lowest BCUT2D eigenvalue weighted by molar-refractivity contribution is -0.167. The molecule has 4 aromatic rings. The van der Waals surface area contributed by atoms with E-state index >= 15 is 36.0 Å². The summed E-state index contributed by atoms with van der Waals surface area (Å²) in [5.41, 5.74) is -3.78. The minimum atomic E-state index is -4.84. The summed E-state index contributed by atoms with van der Waals surface area (Å²) in [5, 5.41) is 16.6. The van der Waals surface area contributed by atoms with Gasteiger partial charge in [0.1, 0.15) is 24.5 Å². The maximum absolute atomic E-state index is 16.5. The first-order valence-electron chi connectivity index (χ1n) is 29.0. The zero-order valence-electron chi connectivity index (χ0n) is 49.6. The van der Waals surface area contributed by atoms with E-state index in [2.05, 4.69) is 10.6 Å². The van der Waals surface area contributed by atoms with E-state index in [0.29, 0.717) is 6.42 Å². The van der Waals surface area contributed by atoms with Crippen LogP contribution in [0.15, 0.2) is 119 Å². The number of piperazine rings is 2. The van der Waals surface area contributed by atoms with Crippen LogP contribution in [0.25, 0.3) is 0 Å². The average Bonchev–Trinajstić information content (AvgIpc) is 1.44. The molecule has 90 heavy (non-hydrogen) atoms. The van der Waals surface area contributed by atoms with Crippen LogP contribution in [0.2, 0.25) is 0 Å². The van der Waals surface area contributed by atoms with Crippen molar-refractivity contribution in [3.8, 4) is 0 Å². The van der Waals surface area contributed by atoms with E-state index in [-0.39, 0.29) is 104 Å². The van der Waals surface area contributed by atoms with Crippen LogP contribution < -0.4 is 19.2 Å². The number of nitrogens with one attached hydrogen (secondary N) is 2. The molecule has 0 aliphatic carbocycles. The minimum absolute atomic E-state index is 0.0843. The molecule has 480 valence electrons. The number of anilines is 2. The molecule has 0 unspecified atom stereocenters. The van der Waals surface area contributed by atoms with Gasteiger partial charge in [0.25, 0.3) is 43.7 Å². The number of nitrogens with zero attached hydrogens (tertiary/aromatic N) is 6. The highest BCUT2D eigenvalue weighted by atomic mass is 33.1. The summed E-state index contributed by atoms with van der Waals surface area (Å²) < 4.78 is 93.7. The molecule has 31 heteroatoms. The molecule has 2 spiro atoms. The number of likely N-dealkylation sites (N-methyl/N-ethyl adjacent to an activating group) is 2. The first-order chi connectivity index (χ1) is 42.9. The van der Waals surface area contributed by atoms with Gasteiger partial charge < -0.3 is 49.2 Å². The molecule has 25 nitrogen and oxygen atoms in total. The van der Waals surface area contributed by atoms with Gasteiger partial charge in [-0.2, -0.15) is 0 Å². The van der Waals surface area contributed by atoms with Crippen molar-refractivity contribution in [2.75, 3.05) is 82.0 Å². The number of hydrogen-bond acceptors (Lipinski definition) is 21. The largest absolute Gasteiger partial charge is 0.508 e. The molecule has 0 aromatic heterocycles. The standard InChI is InChI=1S/C59H66N8O17S6/c1-53(2,3)84-51(74)61-28-31-81-33-32-80-30-27-60-44(69)26-16-17-29-82-52(75)83-37-59-50(73)65-46-55(35-57(65,86-88-59)48(71)63(59)5,41-23-13-15-25-43(41)67(46)90(78,79)39-20-10-7-11-21-39)54-34-56-47(70)62(4)58(36-68,87-85-56)49(72)64(56)45(54)66(42-24-14-12-22-40(42)54)89(76,77)38-18-8-6-9-19-38/h6-15,18-25,45-46,68H,16-17,26-37H2,1-5H3,(H,60,69)(H,61,74)/t45-,46-,54-,55-,56-,57-,58-,59-/m0/s1. The first-order valence-corrected chi connectivity index (χ1v) is 36.2. The molecule has 10 aliphatic rings. The number of ether oxygens (including phenoxy) is 5. The van der Waals surface area contributed by atoms with Gasteiger partial charge in [-0.15, -0.1) is 0 Å². The highest BCUT2D eigenvalue weighted by Gasteiger charge is 2.90. The molecule has 0 radical (unpaired) electrons. The van der Waals surface area contributed by atoms with Crippen molar-refractivity contribution < 1.29 is 79.2 Å². The third-order valence-electron chi connectivity index (χ3n) is 17.8. The second-order valence-electron chi connectivity index (χ2n) is 23.9. The van der Waals surface area contributed by atoms with E-state index in [9.17, 15) is 19.5 Å². The van der Waals surface area contributed by atoms with Gasteiger partial charge in [-0.05, 0) is 103 Å². The highest BCUT2D eigenvalue weighted by molar-refractivity contribution is 8.78. The Labute approximate surface area is 535 Å². The number of carbonyl (C=O) groups is 7. The van der Waals surface area contributed by atoms with Gasteiger partial charge in [0.2, 0.25) is 15.6 Å². The van der Waals surface area contributed by atoms with Gasteiger partial charge >= 0.3 is 12.2 Å². The minimum Gasteiger partial charge on any atom is -0.444 e. The molecule has 6 amide bonds. The number of unbranched alkanes of at least 4 members (excludes halogenated alkanes) is 1. The SMILES string of the molecule is CN1C(=O)[C@@]23C[C@]4([C@]56C[C@@]78SS[C@@](COC(=O)OCCCCC(=O)NCCOCCOCCNC(=O)OC(C)(C)C)(C(=O)N7[C@H]5N(S(=O)(=O)c5ccccc5)c5ccccc56)N(C)C8=O)c5ccccc5N(S(=O)(=O)c5ccccc5)[C@@H]4N2C(=O)[C@]1(CO)SS3. The van der Waals surface area contributed by atoms with Crippen LogP contribution in [-0.4, -0.2) is 194 Å². The van der Waals surface area contributed by atoms with Gasteiger partial charge in [-0.25, -0.2) is 35.0 Å². The van der Waals surface area contributed by atoms with Gasteiger partial charge in [0.15, 0.2) is 9.74 Å². The number of carbonyl (C=O) groups excluding carboxylic acids is 7. The molecular weight excluding hydrogens is 1290 g/mol. The Morgan fingerprint density at radius 2 is 1.03 bits per heavy atom. The zero-order chi connectivity index (χ0) is 64.0. The Kier molecular flexibility index (Phi) is 16.5. The molecule has 10 aliphatic heterocycles. The van der Waals surface area contributed by atoms with Crippen LogP contribution in [-0.2, 0) is 78.5 Å². The van der Waals surface area contributed by atoms with Crippen molar-refractivity contribution in [2.45, 2.75) is 111 Å². The van der Waals surface area contributed by atoms with Crippen molar-refractivity contribution in [1.29, 1.82) is 0 Å². The van der Waals surface area contributed by atoms with Crippen molar-refractivity contribution >= 4 is 116 Å². The highest BCUT2D eigenvalue weighted by Crippen LogP contribution is 2.80. The zero-order valence-corrected chi connectivity index (χ0v) is 54.5. The Hall–Kier alpha value is -6.45. The number of para-hydroxylation sites is 2. The van der Waals surface area contributed by atoms with Crippen LogP contribution in [0, 0.1) is 0 Å². The van der Waals surface area contributed by atoms with E-state index < -0.39 is 124 Å². The third-order valence-corrected chi connectivity index (χ3v) is 28.7. The Morgan fingerprint density at radius 3 is 1.53 bits per heavy atom. The summed E-state index contributed by atoms with van der Waals surface area (Å²) in [7, 11) is -2.96. The summed E-state index contributed by atoms with van der Waals surface area (Å²) in [6.45, 7) is 5.01. The fraction of sp³-hybridized carbons (Fsp3) is 0.475. The van der Waals surface area contributed by atoms with E-state index in [0.717, 1.165) is 51.8 Å². The molecule has 4 bridgehead atoms. The second kappa shape index (κ2) is 23.3. The van der Waals surface area contributed by atoms with Gasteiger partial charge in [0, 0.05) is 46.4 Å². The number of sulfonamides is 2. The number of amides is 6. The molecule has 14 rings (SSSR count). The Morgan fingerprint density at radius 1 is 0.578 bits per heavy atom. The number of aliphatic hydroxyl groups excluding tert-OH is 1. The summed E-state index contributed by atoms with van der Waals surface area (Å²) >= 11 is 0. The van der Waals surface area contributed by atoms with Crippen molar-refractivity contribution in [3.63, 3.8) is 0 Å². The molecule has 8 atom stereocenters. The topological polar surface area (TPSA) is 298 Å². The lowest BCUT2D eigenvalue weighted by atomic mass is 9.54. The summed E-state index contributed by atoms with van der Waals surface area (Å²) in [5.74, 6) is -3.17. The molecular formula is C59H66N8O17S6. The maximum Gasteiger partial charge on any atom is 0.508 e. The van der Waals surface area contributed by atoms with Crippen LogP contribution in [0.4, 0.5) is 21.0 Å². The average molecular weight is 1350 g/mol. The van der Waals surface area contributed by atoms with Crippen LogP contribution in [0.5, 0.6) is 0 Å². The number of fused-ring (bicyclic) bond motifs is 11. The Bertz CT molecular complexity index is 3820. The predicted octanol–water partition coefficient (Wildman–Crippen LogP) is 4.91. The Balaban J connectivity index is 0.842. The third kappa shape index (κ3) is 9.38. The summed E-state index contributed by atoms with van der Waals surface area (Å²) in [6.07, 6.45) is -5.35.